The Morgan fingerprint density at radius 3 is 2.81 bits per heavy atom. The number of rotatable bonds is 9. The number of aryl methyl sites for hydroxylation is 2. The fourth-order valence-corrected chi connectivity index (χ4v) is 2.05. The van der Waals surface area contributed by atoms with Crippen molar-refractivity contribution in [2.45, 2.75) is 39.2 Å². The summed E-state index contributed by atoms with van der Waals surface area (Å²) < 4.78 is 2.08. The van der Waals surface area contributed by atoms with Gasteiger partial charge < -0.3 is 15.3 Å². The zero-order chi connectivity index (χ0) is 14.9. The molecule has 0 fully saturated rings. The monoisotopic (exact) mass is 289 g/mol. The van der Waals surface area contributed by atoms with Gasteiger partial charge in [0.2, 0.25) is 0 Å². The molecule has 4 N–H and O–H groups in total. The predicted molar refractivity (Wildman–Crippen MR) is 83.8 cm³/mol. The lowest BCUT2D eigenvalue weighted by atomic mass is 10.3. The molecule has 0 bridgehead atoms. The van der Waals surface area contributed by atoms with E-state index in [0.29, 0.717) is 5.82 Å². The van der Waals surface area contributed by atoms with E-state index in [0.717, 1.165) is 50.4 Å². The van der Waals surface area contributed by atoms with E-state index < -0.39 is 0 Å². The highest BCUT2D eigenvalue weighted by molar-refractivity contribution is 5.46. The van der Waals surface area contributed by atoms with E-state index in [1.807, 2.05) is 18.6 Å². The minimum Gasteiger partial charge on any atom is -0.370 e. The van der Waals surface area contributed by atoms with E-state index in [1.54, 1.807) is 6.20 Å². The third kappa shape index (κ3) is 5.03. The number of hydrazine groups is 1. The zero-order valence-electron chi connectivity index (χ0n) is 12.4. The molecule has 0 amide bonds. The van der Waals surface area contributed by atoms with Gasteiger partial charge in [0.15, 0.2) is 0 Å². The molecule has 7 heteroatoms. The first-order chi connectivity index (χ1) is 10.3. The Bertz CT molecular complexity index is 524. The molecule has 2 aromatic rings. The van der Waals surface area contributed by atoms with Crippen LogP contribution in [0.1, 0.15) is 32.0 Å². The summed E-state index contributed by atoms with van der Waals surface area (Å²) in [4.78, 5) is 12.8. The highest BCUT2D eigenvalue weighted by Gasteiger charge is 2.03. The summed E-state index contributed by atoms with van der Waals surface area (Å²) in [6.07, 6.45) is 9.65. The summed E-state index contributed by atoms with van der Waals surface area (Å²) in [6, 6.07) is 1.83. The van der Waals surface area contributed by atoms with Crippen LogP contribution in [0, 0.1) is 0 Å². The molecule has 0 saturated heterocycles. The molecule has 0 unspecified atom stereocenters. The number of nitrogens with two attached hydrogens (primary N) is 1. The van der Waals surface area contributed by atoms with E-state index in [-0.39, 0.29) is 0 Å². The maximum atomic E-state index is 5.44. The van der Waals surface area contributed by atoms with Gasteiger partial charge in [0.25, 0.3) is 0 Å². The Morgan fingerprint density at radius 2 is 2.10 bits per heavy atom. The Kier molecular flexibility index (Phi) is 5.96. The van der Waals surface area contributed by atoms with Gasteiger partial charge in [-0.25, -0.2) is 20.8 Å². The van der Waals surface area contributed by atoms with Crippen LogP contribution >= 0.6 is 0 Å². The van der Waals surface area contributed by atoms with Crippen molar-refractivity contribution in [2.24, 2.45) is 5.84 Å². The highest BCUT2D eigenvalue weighted by atomic mass is 15.3. The van der Waals surface area contributed by atoms with Crippen molar-refractivity contribution in [1.29, 1.82) is 0 Å². The summed E-state index contributed by atoms with van der Waals surface area (Å²) >= 11 is 0. The van der Waals surface area contributed by atoms with Crippen molar-refractivity contribution in [1.82, 2.24) is 19.5 Å². The summed E-state index contributed by atoms with van der Waals surface area (Å²) in [5, 5.41) is 3.33. The van der Waals surface area contributed by atoms with Gasteiger partial charge in [-0.1, -0.05) is 6.92 Å². The molecule has 7 nitrogen and oxygen atoms in total. The fourth-order valence-electron chi connectivity index (χ4n) is 2.05. The number of hydrogen-bond donors (Lipinski definition) is 3. The largest absolute Gasteiger partial charge is 0.370 e. The predicted octanol–water partition coefficient (Wildman–Crippen LogP) is 1.80. The maximum absolute atomic E-state index is 5.44. The number of nitrogen functional groups attached to an aromatic ring is 1. The number of anilines is 2. The van der Waals surface area contributed by atoms with Crippen molar-refractivity contribution in [3.63, 3.8) is 0 Å². The van der Waals surface area contributed by atoms with Gasteiger partial charge in [0, 0.05) is 38.0 Å². The number of unbranched alkanes of at least 4 members (excludes halogenated alkanes) is 1. The lowest BCUT2D eigenvalue weighted by Gasteiger charge is -2.09. The second-order valence-electron chi connectivity index (χ2n) is 4.88. The molecule has 2 heterocycles. The van der Waals surface area contributed by atoms with E-state index in [4.69, 9.17) is 5.84 Å². The molecular formula is C14H23N7. The van der Waals surface area contributed by atoms with Crippen LogP contribution in [0.2, 0.25) is 0 Å². The molecule has 0 aromatic carbocycles. The normalized spacial score (nSPS) is 10.6. The first-order valence-electron chi connectivity index (χ1n) is 7.36. The minimum absolute atomic E-state index is 0.648. The van der Waals surface area contributed by atoms with Gasteiger partial charge in [-0.3, -0.25) is 0 Å². The van der Waals surface area contributed by atoms with E-state index in [9.17, 15) is 0 Å². The van der Waals surface area contributed by atoms with Crippen LogP contribution in [-0.4, -0.2) is 26.1 Å². The van der Waals surface area contributed by atoms with Crippen molar-refractivity contribution in [3.05, 3.63) is 30.6 Å². The molecule has 0 spiro atoms. The number of nitrogens with one attached hydrogen (secondary N) is 2. The average Bonchev–Trinajstić information content (AvgIpc) is 3.00. The van der Waals surface area contributed by atoms with Crippen molar-refractivity contribution in [3.8, 4) is 0 Å². The van der Waals surface area contributed by atoms with E-state index in [2.05, 4.69) is 37.2 Å². The van der Waals surface area contributed by atoms with Gasteiger partial charge in [0.05, 0.1) is 6.33 Å². The quantitative estimate of drug-likeness (QED) is 0.370. The smallest absolute Gasteiger partial charge is 0.145 e. The van der Waals surface area contributed by atoms with Crippen molar-refractivity contribution in [2.75, 3.05) is 17.3 Å². The van der Waals surface area contributed by atoms with Gasteiger partial charge in [0.1, 0.15) is 17.5 Å². The molecule has 0 saturated carbocycles. The first kappa shape index (κ1) is 15.2. The molecule has 0 aliphatic rings. The van der Waals surface area contributed by atoms with Crippen molar-refractivity contribution < 1.29 is 0 Å². The lowest BCUT2D eigenvalue weighted by molar-refractivity contribution is 0.620. The number of aromatic nitrogens is 4. The summed E-state index contributed by atoms with van der Waals surface area (Å²) in [6.45, 7) is 3.97. The van der Waals surface area contributed by atoms with Gasteiger partial charge >= 0.3 is 0 Å². The van der Waals surface area contributed by atoms with Crippen LogP contribution in [0.3, 0.4) is 0 Å². The van der Waals surface area contributed by atoms with Crippen molar-refractivity contribution >= 4 is 11.6 Å². The summed E-state index contributed by atoms with van der Waals surface area (Å²) in [5.74, 6) is 7.72. The third-order valence-corrected chi connectivity index (χ3v) is 3.10. The van der Waals surface area contributed by atoms with Gasteiger partial charge in [-0.05, 0) is 19.3 Å². The van der Waals surface area contributed by atoms with Gasteiger partial charge in [-0.2, -0.15) is 0 Å². The Balaban J connectivity index is 1.77. The molecule has 21 heavy (non-hydrogen) atoms. The summed E-state index contributed by atoms with van der Waals surface area (Å²) in [5.41, 5.74) is 2.58. The standard InChI is InChI=1S/C14H23N7/c1-2-5-12-18-13(10-14(19-12)20-15)17-6-3-4-8-21-9-7-16-11-21/h7,9-11H,2-6,8,15H2,1H3,(H2,17,18,19,20). The molecule has 2 rings (SSSR count). The van der Waals surface area contributed by atoms with Gasteiger partial charge in [-0.15, -0.1) is 0 Å². The minimum atomic E-state index is 0.648. The molecule has 0 atom stereocenters. The molecule has 114 valence electrons. The van der Waals surface area contributed by atoms with E-state index in [1.165, 1.54) is 0 Å². The van der Waals surface area contributed by atoms with Crippen LogP contribution in [0.5, 0.6) is 0 Å². The van der Waals surface area contributed by atoms with Crippen LogP contribution in [0.15, 0.2) is 24.8 Å². The SMILES string of the molecule is CCCc1nc(NN)cc(NCCCCn2ccnc2)n1. The molecular weight excluding hydrogens is 266 g/mol. The van der Waals surface area contributed by atoms with Crippen LogP contribution in [-0.2, 0) is 13.0 Å². The van der Waals surface area contributed by atoms with Crippen LogP contribution in [0.25, 0.3) is 0 Å². The number of hydrogen-bond acceptors (Lipinski definition) is 6. The molecule has 0 aliphatic heterocycles. The molecule has 0 radical (unpaired) electrons. The Labute approximate surface area is 125 Å². The van der Waals surface area contributed by atoms with Crippen LogP contribution in [0.4, 0.5) is 11.6 Å². The fraction of sp³-hybridized carbons (Fsp3) is 0.500. The molecule has 0 aliphatic carbocycles. The Morgan fingerprint density at radius 1 is 1.24 bits per heavy atom. The topological polar surface area (TPSA) is 93.7 Å². The molecule has 2 aromatic heterocycles. The van der Waals surface area contributed by atoms with E-state index >= 15 is 0 Å². The summed E-state index contributed by atoms with van der Waals surface area (Å²) in [7, 11) is 0. The second-order valence-corrected chi connectivity index (χ2v) is 4.88. The maximum Gasteiger partial charge on any atom is 0.145 e. The second kappa shape index (κ2) is 8.21. The highest BCUT2D eigenvalue weighted by Crippen LogP contribution is 2.11. The zero-order valence-corrected chi connectivity index (χ0v) is 12.4. The Hall–Kier alpha value is -2.15. The first-order valence-corrected chi connectivity index (χ1v) is 7.36. The lowest BCUT2D eigenvalue weighted by Crippen LogP contribution is -2.13. The third-order valence-electron chi connectivity index (χ3n) is 3.10. The number of nitrogens with zero attached hydrogens (tertiary/aromatic N) is 4. The average molecular weight is 289 g/mol. The number of imidazole rings is 1. The van der Waals surface area contributed by atoms with Crippen LogP contribution < -0.4 is 16.6 Å².